The lowest BCUT2D eigenvalue weighted by Gasteiger charge is -2.59. The van der Waals surface area contributed by atoms with E-state index in [0.717, 1.165) is 24.7 Å². The molecular weight excluding hydrogens is 417 g/mol. The maximum Gasteiger partial charge on any atom is 0.191 e. The predicted molar refractivity (Wildman–Crippen MR) is 109 cm³/mol. The van der Waals surface area contributed by atoms with E-state index in [2.05, 4.69) is 36.4 Å². The molecule has 0 bridgehead atoms. The Bertz CT molecular complexity index is 560. The molecule has 1 fully saturated rings. The van der Waals surface area contributed by atoms with Crippen molar-refractivity contribution in [2.45, 2.75) is 45.4 Å². The summed E-state index contributed by atoms with van der Waals surface area (Å²) >= 11 is 0. The van der Waals surface area contributed by atoms with E-state index in [0.29, 0.717) is 6.04 Å². The summed E-state index contributed by atoms with van der Waals surface area (Å²) in [7, 11) is 5.26. The van der Waals surface area contributed by atoms with Crippen LogP contribution in [0.1, 0.15) is 32.8 Å². The molecule has 1 aromatic carbocycles. The Morgan fingerprint density at radius 1 is 1.21 bits per heavy atom. The van der Waals surface area contributed by atoms with Crippen LogP contribution in [-0.4, -0.2) is 38.9 Å². The second kappa shape index (κ2) is 8.38. The third-order valence-electron chi connectivity index (χ3n) is 5.43. The molecule has 136 valence electrons. The first-order chi connectivity index (χ1) is 10.9. The number of halogens is 1. The molecule has 0 radical (unpaired) electrons. The first-order valence-electron chi connectivity index (χ1n) is 8.01. The summed E-state index contributed by atoms with van der Waals surface area (Å²) in [4.78, 5) is 4.33. The molecule has 1 saturated carbocycles. The fourth-order valence-corrected chi connectivity index (χ4v) is 3.01. The van der Waals surface area contributed by atoms with E-state index < -0.39 is 0 Å². The van der Waals surface area contributed by atoms with Crippen molar-refractivity contribution in [3.05, 3.63) is 29.8 Å². The van der Waals surface area contributed by atoms with E-state index in [1.54, 1.807) is 21.3 Å². The van der Waals surface area contributed by atoms with Crippen LogP contribution >= 0.6 is 24.0 Å². The van der Waals surface area contributed by atoms with Gasteiger partial charge in [0, 0.05) is 32.2 Å². The molecule has 2 atom stereocenters. The van der Waals surface area contributed by atoms with E-state index >= 15 is 0 Å². The molecule has 0 heterocycles. The van der Waals surface area contributed by atoms with E-state index in [4.69, 9.17) is 9.47 Å². The molecule has 2 rings (SSSR count). The maximum absolute atomic E-state index is 5.67. The molecule has 1 aliphatic carbocycles. The van der Waals surface area contributed by atoms with Gasteiger partial charge in [-0.2, -0.15) is 0 Å². The fraction of sp³-hybridized carbons (Fsp3) is 0.611. The van der Waals surface area contributed by atoms with Gasteiger partial charge in [-0.3, -0.25) is 4.99 Å². The van der Waals surface area contributed by atoms with Crippen molar-refractivity contribution in [2.24, 2.45) is 10.4 Å². The number of rotatable bonds is 5. The zero-order chi connectivity index (χ0) is 17.1. The third kappa shape index (κ3) is 4.14. The molecule has 0 aromatic heterocycles. The van der Waals surface area contributed by atoms with E-state index in [-0.39, 0.29) is 35.0 Å². The van der Waals surface area contributed by atoms with E-state index in [1.807, 2.05) is 24.3 Å². The molecular formula is C18H30IN3O2. The molecule has 0 amide bonds. The minimum absolute atomic E-state index is 0. The first-order valence-corrected chi connectivity index (χ1v) is 8.01. The summed E-state index contributed by atoms with van der Waals surface area (Å²) < 4.78 is 10.8. The summed E-state index contributed by atoms with van der Waals surface area (Å²) in [5.41, 5.74) is 1.15. The number of nitrogens with one attached hydrogen (secondary N) is 2. The highest BCUT2D eigenvalue weighted by Crippen LogP contribution is 2.51. The van der Waals surface area contributed by atoms with Crippen LogP contribution in [0.25, 0.3) is 0 Å². The molecule has 2 unspecified atom stereocenters. The lowest BCUT2D eigenvalue weighted by Crippen LogP contribution is -2.69. The van der Waals surface area contributed by atoms with Crippen LogP contribution in [0.15, 0.2) is 29.3 Å². The predicted octanol–water partition coefficient (Wildman–Crippen LogP) is 3.18. The van der Waals surface area contributed by atoms with Gasteiger partial charge in [-0.1, -0.05) is 26.0 Å². The number of hydrogen-bond donors (Lipinski definition) is 2. The van der Waals surface area contributed by atoms with Crippen molar-refractivity contribution in [2.75, 3.05) is 21.3 Å². The average Bonchev–Trinajstić information content (AvgIpc) is 2.57. The molecule has 24 heavy (non-hydrogen) atoms. The van der Waals surface area contributed by atoms with Gasteiger partial charge < -0.3 is 20.1 Å². The normalized spacial score (nSPS) is 25.2. The number of benzene rings is 1. The summed E-state index contributed by atoms with van der Waals surface area (Å²) in [5.74, 6) is 1.68. The summed E-state index contributed by atoms with van der Waals surface area (Å²) in [6.07, 6.45) is 0.972. The van der Waals surface area contributed by atoms with Gasteiger partial charge in [0.25, 0.3) is 0 Å². The van der Waals surface area contributed by atoms with Gasteiger partial charge in [0.05, 0.1) is 12.7 Å². The zero-order valence-corrected chi connectivity index (χ0v) is 17.8. The van der Waals surface area contributed by atoms with E-state index in [9.17, 15) is 0 Å². The summed E-state index contributed by atoms with van der Waals surface area (Å²) in [5, 5.41) is 6.87. The highest BCUT2D eigenvalue weighted by molar-refractivity contribution is 14.0. The number of ether oxygens (including phenoxy) is 2. The van der Waals surface area contributed by atoms with Crippen LogP contribution in [0.3, 0.4) is 0 Å². The molecule has 0 saturated heterocycles. The Morgan fingerprint density at radius 3 is 2.29 bits per heavy atom. The Hall–Kier alpha value is -1.02. The Labute approximate surface area is 162 Å². The lowest BCUT2D eigenvalue weighted by atomic mass is 9.56. The van der Waals surface area contributed by atoms with Crippen molar-refractivity contribution in [1.82, 2.24) is 10.6 Å². The second-order valence-electron chi connectivity index (χ2n) is 6.83. The minimum atomic E-state index is -0.0838. The van der Waals surface area contributed by atoms with Gasteiger partial charge in [0.1, 0.15) is 5.75 Å². The van der Waals surface area contributed by atoms with Crippen molar-refractivity contribution in [3.8, 4) is 5.75 Å². The molecule has 0 spiro atoms. The minimum Gasteiger partial charge on any atom is -0.497 e. The topological polar surface area (TPSA) is 54.9 Å². The summed E-state index contributed by atoms with van der Waals surface area (Å²) in [6.45, 7) is 7.35. The zero-order valence-electron chi connectivity index (χ0n) is 15.5. The third-order valence-corrected chi connectivity index (χ3v) is 5.43. The van der Waals surface area contributed by atoms with Gasteiger partial charge in [0.2, 0.25) is 0 Å². The van der Waals surface area contributed by atoms with Crippen LogP contribution < -0.4 is 15.4 Å². The van der Waals surface area contributed by atoms with Crippen LogP contribution in [0.4, 0.5) is 0 Å². The standard InChI is InChI=1S/C18H29N3O2.HI/c1-17(2)15(11-18(17,3)23-6)21-16(19-4)20-12-13-7-9-14(22-5)10-8-13;/h7-10,15H,11-12H2,1-6H3,(H2,19,20,21);1H. The quantitative estimate of drug-likeness (QED) is 0.414. The first kappa shape index (κ1) is 21.0. The Balaban J connectivity index is 0.00000288. The van der Waals surface area contributed by atoms with E-state index in [1.165, 1.54) is 5.56 Å². The van der Waals surface area contributed by atoms with Crippen molar-refractivity contribution in [1.29, 1.82) is 0 Å². The fourth-order valence-electron chi connectivity index (χ4n) is 3.01. The van der Waals surface area contributed by atoms with Crippen molar-refractivity contribution < 1.29 is 9.47 Å². The Kier molecular flexibility index (Phi) is 7.34. The number of methoxy groups -OCH3 is 2. The molecule has 5 nitrogen and oxygen atoms in total. The average molecular weight is 447 g/mol. The Morgan fingerprint density at radius 2 is 1.83 bits per heavy atom. The smallest absolute Gasteiger partial charge is 0.191 e. The molecule has 1 aliphatic rings. The SMILES string of the molecule is CN=C(NCc1ccc(OC)cc1)NC1CC(C)(OC)C1(C)C.I. The molecule has 0 aliphatic heterocycles. The van der Waals surface area contributed by atoms with Crippen LogP contribution in [0, 0.1) is 5.41 Å². The van der Waals surface area contributed by atoms with Crippen LogP contribution in [0.2, 0.25) is 0 Å². The molecule has 2 N–H and O–H groups in total. The van der Waals surface area contributed by atoms with Crippen LogP contribution in [0.5, 0.6) is 5.75 Å². The maximum atomic E-state index is 5.67. The van der Waals surface area contributed by atoms with Gasteiger partial charge in [-0.25, -0.2) is 0 Å². The van der Waals surface area contributed by atoms with Gasteiger partial charge >= 0.3 is 0 Å². The highest BCUT2D eigenvalue weighted by atomic mass is 127. The van der Waals surface area contributed by atoms with Crippen molar-refractivity contribution >= 4 is 29.9 Å². The number of nitrogens with zero attached hydrogens (tertiary/aromatic N) is 1. The van der Waals surface area contributed by atoms with Gasteiger partial charge in [0.15, 0.2) is 5.96 Å². The molecule has 1 aromatic rings. The largest absolute Gasteiger partial charge is 0.497 e. The monoisotopic (exact) mass is 447 g/mol. The summed E-state index contributed by atoms with van der Waals surface area (Å²) in [6, 6.07) is 8.37. The second-order valence-corrected chi connectivity index (χ2v) is 6.83. The van der Waals surface area contributed by atoms with Gasteiger partial charge in [-0.15, -0.1) is 24.0 Å². The molecule has 6 heteroatoms. The highest BCUT2D eigenvalue weighted by Gasteiger charge is 2.58. The lowest BCUT2D eigenvalue weighted by molar-refractivity contribution is -0.176. The number of guanidine groups is 1. The number of hydrogen-bond acceptors (Lipinski definition) is 3. The van der Waals surface area contributed by atoms with Crippen LogP contribution in [-0.2, 0) is 11.3 Å². The van der Waals surface area contributed by atoms with Gasteiger partial charge in [-0.05, 0) is 31.0 Å². The number of aliphatic imine (C=N–C) groups is 1. The van der Waals surface area contributed by atoms with Crippen molar-refractivity contribution in [3.63, 3.8) is 0 Å².